The molecule has 0 aromatic heterocycles. The van der Waals surface area contributed by atoms with Crippen LogP contribution in [-0.2, 0) is 25.7 Å². The standard InChI is InChI=1S/C20H25N5O4/c21-12-7-2-1-6-10-16-17(14-22)19(27)29-25(28-18(16)26)20(23)24-13-11-15-8-4-3-5-9-15/h3-5,8-9H,1-2,6-7,10-13,21H2,(H2,23,24). The van der Waals surface area contributed by atoms with E-state index in [-0.39, 0.29) is 23.5 Å². The number of benzene rings is 1. The highest BCUT2D eigenvalue weighted by Crippen LogP contribution is 2.21. The van der Waals surface area contributed by atoms with Gasteiger partial charge in [-0.2, -0.15) is 5.26 Å². The van der Waals surface area contributed by atoms with Crippen LogP contribution in [0.15, 0.2) is 46.5 Å². The van der Waals surface area contributed by atoms with Gasteiger partial charge in [-0.3, -0.25) is 9.68 Å². The van der Waals surface area contributed by atoms with E-state index in [9.17, 15) is 14.9 Å². The third-order valence-electron chi connectivity index (χ3n) is 4.28. The van der Waals surface area contributed by atoms with E-state index < -0.39 is 11.9 Å². The number of hydrogen-bond acceptors (Lipinski definition) is 7. The highest BCUT2D eigenvalue weighted by Gasteiger charge is 2.33. The number of rotatable bonds is 9. The van der Waals surface area contributed by atoms with Gasteiger partial charge >= 0.3 is 11.9 Å². The average molecular weight is 399 g/mol. The third-order valence-corrected chi connectivity index (χ3v) is 4.28. The second-order valence-electron chi connectivity index (χ2n) is 6.41. The van der Waals surface area contributed by atoms with Gasteiger partial charge in [-0.1, -0.05) is 43.2 Å². The molecule has 0 saturated heterocycles. The van der Waals surface area contributed by atoms with Crippen molar-refractivity contribution in [3.8, 4) is 6.07 Å². The first kappa shape index (κ1) is 21.9. The van der Waals surface area contributed by atoms with Gasteiger partial charge in [-0.25, -0.2) is 14.6 Å². The van der Waals surface area contributed by atoms with Crippen LogP contribution < -0.4 is 11.5 Å². The molecule has 0 unspecified atom stereocenters. The van der Waals surface area contributed by atoms with E-state index in [4.69, 9.17) is 21.1 Å². The lowest BCUT2D eigenvalue weighted by atomic mass is 10.0. The van der Waals surface area contributed by atoms with Crippen LogP contribution in [0.25, 0.3) is 0 Å². The van der Waals surface area contributed by atoms with Crippen molar-refractivity contribution in [1.29, 1.82) is 5.26 Å². The molecular weight excluding hydrogens is 374 g/mol. The van der Waals surface area contributed by atoms with Crippen LogP contribution in [0.5, 0.6) is 0 Å². The molecule has 0 amide bonds. The number of nitrogens with zero attached hydrogens (tertiary/aromatic N) is 3. The van der Waals surface area contributed by atoms with Gasteiger partial charge in [-0.05, 0) is 37.8 Å². The predicted octanol–water partition coefficient (Wildman–Crippen LogP) is 1.51. The Morgan fingerprint density at radius 1 is 1.03 bits per heavy atom. The monoisotopic (exact) mass is 399 g/mol. The van der Waals surface area contributed by atoms with Gasteiger partial charge in [0, 0.05) is 11.8 Å². The SMILES string of the molecule is N#CC1=C(CCCCCCN)C(=O)ON(C(N)=NCCc2ccccc2)OC1=O. The van der Waals surface area contributed by atoms with Crippen LogP contribution >= 0.6 is 0 Å². The zero-order valence-electron chi connectivity index (χ0n) is 16.2. The molecule has 154 valence electrons. The number of nitrogens with two attached hydrogens (primary N) is 2. The molecule has 0 fully saturated rings. The number of hydroxylamine groups is 2. The summed E-state index contributed by atoms with van der Waals surface area (Å²) in [6.45, 7) is 0.895. The number of carbonyl (C=O) groups is 2. The Labute approximate surface area is 169 Å². The van der Waals surface area contributed by atoms with Crippen LogP contribution in [-0.4, -0.2) is 36.2 Å². The molecule has 0 radical (unpaired) electrons. The van der Waals surface area contributed by atoms with Gasteiger partial charge in [0.05, 0.1) is 5.57 Å². The summed E-state index contributed by atoms with van der Waals surface area (Å²) in [5.41, 5.74) is 11.9. The molecule has 0 saturated carbocycles. The maximum absolute atomic E-state index is 12.4. The number of aliphatic imine (C=N–C) groups is 1. The van der Waals surface area contributed by atoms with Crippen LogP contribution in [0.1, 0.15) is 37.7 Å². The zero-order valence-corrected chi connectivity index (χ0v) is 16.2. The molecule has 1 aliphatic heterocycles. The summed E-state index contributed by atoms with van der Waals surface area (Å²) in [6.07, 6.45) is 4.03. The Hall–Kier alpha value is -3.38. The molecule has 29 heavy (non-hydrogen) atoms. The second-order valence-corrected chi connectivity index (χ2v) is 6.41. The molecular formula is C20H25N5O4. The first-order valence-corrected chi connectivity index (χ1v) is 9.48. The summed E-state index contributed by atoms with van der Waals surface area (Å²) < 4.78 is 0. The summed E-state index contributed by atoms with van der Waals surface area (Å²) >= 11 is 0. The maximum Gasteiger partial charge on any atom is 0.378 e. The Balaban J connectivity index is 2.00. The van der Waals surface area contributed by atoms with E-state index in [1.807, 2.05) is 30.3 Å². The van der Waals surface area contributed by atoms with Crippen molar-refractivity contribution in [3.05, 3.63) is 47.0 Å². The molecule has 1 aliphatic rings. The maximum atomic E-state index is 12.4. The lowest BCUT2D eigenvalue weighted by Crippen LogP contribution is -2.39. The molecule has 9 heteroatoms. The van der Waals surface area contributed by atoms with E-state index in [0.29, 0.717) is 31.2 Å². The van der Waals surface area contributed by atoms with E-state index >= 15 is 0 Å². The molecule has 4 N–H and O–H groups in total. The molecule has 9 nitrogen and oxygen atoms in total. The third kappa shape index (κ3) is 6.62. The smallest absolute Gasteiger partial charge is 0.364 e. The summed E-state index contributed by atoms with van der Waals surface area (Å²) in [5, 5.41) is 9.76. The van der Waals surface area contributed by atoms with Gasteiger partial charge in [-0.15, -0.1) is 0 Å². The molecule has 2 rings (SSSR count). The van der Waals surface area contributed by atoms with Gasteiger partial charge in [0.2, 0.25) is 0 Å². The van der Waals surface area contributed by atoms with Gasteiger partial charge in [0.1, 0.15) is 11.6 Å². The number of hydrogen-bond donors (Lipinski definition) is 2. The number of unbranched alkanes of at least 4 members (excludes halogenated alkanes) is 3. The van der Waals surface area contributed by atoms with Crippen LogP contribution in [0, 0.1) is 11.3 Å². The fraction of sp³-hybridized carbons (Fsp3) is 0.400. The molecule has 1 aromatic rings. The number of nitriles is 1. The van der Waals surface area contributed by atoms with Crippen molar-refractivity contribution in [3.63, 3.8) is 0 Å². The molecule has 1 aromatic carbocycles. The summed E-state index contributed by atoms with van der Waals surface area (Å²) in [4.78, 5) is 38.7. The van der Waals surface area contributed by atoms with Crippen molar-refractivity contribution >= 4 is 17.9 Å². The topological polar surface area (TPSA) is 144 Å². The van der Waals surface area contributed by atoms with E-state index in [1.54, 1.807) is 6.07 Å². The fourth-order valence-electron chi connectivity index (χ4n) is 2.73. The minimum absolute atomic E-state index is 0.0233. The lowest BCUT2D eigenvalue weighted by Gasteiger charge is -2.17. The first-order valence-electron chi connectivity index (χ1n) is 9.48. The highest BCUT2D eigenvalue weighted by atomic mass is 17.0. The van der Waals surface area contributed by atoms with Crippen molar-refractivity contribution < 1.29 is 19.3 Å². The van der Waals surface area contributed by atoms with Gasteiger partial charge in [0.25, 0.3) is 5.96 Å². The summed E-state index contributed by atoms with van der Waals surface area (Å²) in [5.74, 6) is -2.15. The van der Waals surface area contributed by atoms with Gasteiger partial charge in [0.15, 0.2) is 0 Å². The highest BCUT2D eigenvalue weighted by molar-refractivity contribution is 6.04. The Kier molecular flexibility index (Phi) is 8.66. The molecule has 0 bridgehead atoms. The van der Waals surface area contributed by atoms with Crippen molar-refractivity contribution in [2.24, 2.45) is 16.5 Å². The van der Waals surface area contributed by atoms with E-state index in [0.717, 1.165) is 24.8 Å². The van der Waals surface area contributed by atoms with E-state index in [1.165, 1.54) is 0 Å². The van der Waals surface area contributed by atoms with Gasteiger partial charge < -0.3 is 11.5 Å². The number of guanidine groups is 1. The minimum Gasteiger partial charge on any atom is -0.364 e. The Morgan fingerprint density at radius 3 is 2.41 bits per heavy atom. The molecule has 0 atom stereocenters. The largest absolute Gasteiger partial charge is 0.378 e. The van der Waals surface area contributed by atoms with Crippen LogP contribution in [0.2, 0.25) is 0 Å². The predicted molar refractivity (Wildman–Crippen MR) is 105 cm³/mol. The fourth-order valence-corrected chi connectivity index (χ4v) is 2.73. The van der Waals surface area contributed by atoms with E-state index in [2.05, 4.69) is 4.99 Å². The molecule has 0 aliphatic carbocycles. The van der Waals surface area contributed by atoms with Crippen LogP contribution in [0.3, 0.4) is 0 Å². The van der Waals surface area contributed by atoms with Crippen molar-refractivity contribution in [2.45, 2.75) is 38.5 Å². The normalized spacial score (nSPS) is 14.9. The minimum atomic E-state index is -1.00. The first-order chi connectivity index (χ1) is 14.1. The molecule has 1 heterocycles. The van der Waals surface area contributed by atoms with Crippen LogP contribution in [0.4, 0.5) is 0 Å². The average Bonchev–Trinajstić information content (AvgIpc) is 2.84. The number of carbonyl (C=O) groups excluding carboxylic acids is 2. The lowest BCUT2D eigenvalue weighted by molar-refractivity contribution is -0.275. The quantitative estimate of drug-likeness (QED) is 0.361. The van der Waals surface area contributed by atoms with Crippen molar-refractivity contribution in [1.82, 2.24) is 5.23 Å². The summed E-state index contributed by atoms with van der Waals surface area (Å²) in [6, 6.07) is 11.3. The van der Waals surface area contributed by atoms with Crippen molar-refractivity contribution in [2.75, 3.05) is 13.1 Å². The second kappa shape index (κ2) is 11.5. The zero-order chi connectivity index (χ0) is 21.1. The Bertz CT molecular complexity index is 814. The Morgan fingerprint density at radius 2 is 1.72 bits per heavy atom. The summed E-state index contributed by atoms with van der Waals surface area (Å²) in [7, 11) is 0. The molecule has 0 spiro atoms.